The van der Waals surface area contributed by atoms with Crippen molar-refractivity contribution in [2.24, 2.45) is 0 Å². The molecule has 0 aromatic heterocycles. The Morgan fingerprint density at radius 3 is 1.13 bits per heavy atom. The second kappa shape index (κ2) is 59.1. The summed E-state index contributed by atoms with van der Waals surface area (Å²) in [5.41, 5.74) is 0. The van der Waals surface area contributed by atoms with Crippen molar-refractivity contribution in [1.82, 2.24) is 5.32 Å². The maximum absolute atomic E-state index is 13.0. The summed E-state index contributed by atoms with van der Waals surface area (Å²) in [6.45, 7) is 4.79. The highest BCUT2D eigenvalue weighted by Crippen LogP contribution is 2.43. The van der Waals surface area contributed by atoms with Gasteiger partial charge in [-0.3, -0.25) is 13.8 Å². The number of phosphoric ester groups is 1. The lowest BCUT2D eigenvalue weighted by Gasteiger charge is -2.26. The minimum atomic E-state index is -4.33. The number of aliphatic hydroxyl groups is 1. The number of hydrogen-bond donors (Lipinski definition) is 3. The van der Waals surface area contributed by atoms with Gasteiger partial charge in [0, 0.05) is 6.42 Å². The van der Waals surface area contributed by atoms with Gasteiger partial charge in [0.25, 0.3) is 0 Å². The molecule has 0 radical (unpaired) electrons. The maximum atomic E-state index is 13.0. The fourth-order valence-electron chi connectivity index (χ4n) is 9.30. The van der Waals surface area contributed by atoms with Gasteiger partial charge < -0.3 is 19.8 Å². The first kappa shape index (κ1) is 75.4. The zero-order valence-corrected chi connectivity index (χ0v) is 52.5. The number of nitrogens with zero attached hydrogens (tertiary/aromatic N) is 1. The van der Waals surface area contributed by atoms with E-state index < -0.39 is 20.0 Å². The Labute approximate surface area is 483 Å². The van der Waals surface area contributed by atoms with Crippen LogP contribution in [0.4, 0.5) is 0 Å². The second-order valence-corrected chi connectivity index (χ2v) is 24.6. The molecule has 3 atom stereocenters. The molecule has 8 nitrogen and oxygen atoms in total. The van der Waals surface area contributed by atoms with E-state index in [2.05, 4.69) is 116 Å². The molecule has 0 aliphatic heterocycles. The third kappa shape index (κ3) is 61.0. The molecule has 3 N–H and O–H groups in total. The number of aliphatic hydroxyl groups excluding tert-OH is 1. The summed E-state index contributed by atoms with van der Waals surface area (Å²) in [4.78, 5) is 23.4. The number of likely N-dealkylation sites (N-methyl/N-ethyl adjacent to an activating group) is 1. The average Bonchev–Trinajstić information content (AvgIpc) is 3.41. The number of phosphoric acid groups is 1. The van der Waals surface area contributed by atoms with Crippen molar-refractivity contribution in [3.05, 3.63) is 97.2 Å². The number of quaternary nitrogens is 1. The molecule has 0 saturated heterocycles. The number of amides is 1. The predicted octanol–water partition coefficient (Wildman–Crippen LogP) is 20.5. The van der Waals surface area contributed by atoms with Crippen LogP contribution in [-0.4, -0.2) is 73.4 Å². The van der Waals surface area contributed by atoms with Crippen LogP contribution in [0, 0.1) is 0 Å². The van der Waals surface area contributed by atoms with Gasteiger partial charge in [0.2, 0.25) is 5.91 Å². The topological polar surface area (TPSA) is 105 Å². The van der Waals surface area contributed by atoms with E-state index in [-0.39, 0.29) is 19.1 Å². The van der Waals surface area contributed by atoms with Crippen LogP contribution < -0.4 is 5.32 Å². The Morgan fingerprint density at radius 1 is 0.449 bits per heavy atom. The summed E-state index contributed by atoms with van der Waals surface area (Å²) in [5.74, 6) is -0.150. The molecule has 9 heteroatoms. The molecule has 1 amide bonds. The van der Waals surface area contributed by atoms with E-state index in [1.807, 2.05) is 21.1 Å². The lowest BCUT2D eigenvalue weighted by atomic mass is 10.0. The van der Waals surface area contributed by atoms with E-state index in [0.29, 0.717) is 23.9 Å². The Morgan fingerprint density at radius 2 is 0.769 bits per heavy atom. The molecular weight excluding hydrogens is 984 g/mol. The van der Waals surface area contributed by atoms with Crippen molar-refractivity contribution in [3.8, 4) is 0 Å². The van der Waals surface area contributed by atoms with Crippen LogP contribution in [0.2, 0.25) is 0 Å². The molecule has 0 aromatic carbocycles. The Bertz CT molecular complexity index is 1590. The molecule has 0 fully saturated rings. The fraction of sp³-hybridized carbons (Fsp3) is 0.754. The number of unbranched alkanes of at least 4 members (excludes halogenated alkanes) is 30. The highest BCUT2D eigenvalue weighted by Gasteiger charge is 2.28. The quantitative estimate of drug-likeness (QED) is 0.0243. The van der Waals surface area contributed by atoms with Gasteiger partial charge in [0.15, 0.2) is 0 Å². The standard InChI is InChI=1S/C69H125N2O6P/c1-6-8-10-12-14-16-18-20-22-24-26-28-29-30-31-32-33-34-35-36-37-38-39-40-41-43-45-47-49-51-53-55-57-59-61-63-69(73)70-67(66-77-78(74,75)76-65-64-71(3,4)5)68(72)62-60-58-56-54-52-50-48-46-44-42-27-25-23-21-19-17-15-13-11-9-7-2/h8,10,14,16,20,22,26,28,30-31,33-34,36-37,39-40,67-68,72H,6-7,9,11-13,15,17-19,21,23-25,27,29,32,35,38,41-66H2,1-5H3,(H-,70,73,74,75)/p+1/b10-8-,16-14-,22-20-,28-26-,31-30-,34-33-,37-36-,40-39-. The number of carbonyl (C=O) groups is 1. The maximum Gasteiger partial charge on any atom is 0.472 e. The molecule has 452 valence electrons. The molecule has 0 rings (SSSR count). The van der Waals surface area contributed by atoms with Crippen molar-refractivity contribution in [2.45, 2.75) is 296 Å². The van der Waals surface area contributed by atoms with Crippen LogP contribution in [0.25, 0.3) is 0 Å². The summed E-state index contributed by atoms with van der Waals surface area (Å²) >= 11 is 0. The first-order valence-electron chi connectivity index (χ1n) is 32.6. The molecule has 3 unspecified atom stereocenters. The summed E-state index contributed by atoms with van der Waals surface area (Å²) in [6, 6.07) is -0.770. The van der Waals surface area contributed by atoms with E-state index in [0.717, 1.165) is 96.3 Å². The first-order chi connectivity index (χ1) is 38.0. The molecule has 0 heterocycles. The number of nitrogens with one attached hydrogen (secondary N) is 1. The van der Waals surface area contributed by atoms with Gasteiger partial charge in [0.05, 0.1) is 39.9 Å². The summed E-state index contributed by atoms with van der Waals surface area (Å²) < 4.78 is 23.8. The molecule has 78 heavy (non-hydrogen) atoms. The van der Waals surface area contributed by atoms with Crippen molar-refractivity contribution >= 4 is 13.7 Å². The Hall–Kier alpha value is -2.58. The highest BCUT2D eigenvalue weighted by molar-refractivity contribution is 7.47. The number of hydrogen-bond acceptors (Lipinski definition) is 5. The SMILES string of the molecule is CC/C=C\C/C=C\C/C=C\C/C=C\C/C=C\C/C=C\C/C=C\C/C=C\CCCCCCCCCCCCC(=O)NC(COP(=O)(O)OCC[N+](C)(C)C)C(O)CCCCCCCCCCCCCCCCCCCCCCC. The Kier molecular flexibility index (Phi) is 57.1. The molecule has 0 saturated carbocycles. The molecule has 0 aliphatic rings. The lowest BCUT2D eigenvalue weighted by molar-refractivity contribution is -0.870. The largest absolute Gasteiger partial charge is 0.472 e. The van der Waals surface area contributed by atoms with Gasteiger partial charge in [-0.15, -0.1) is 0 Å². The fourth-order valence-corrected chi connectivity index (χ4v) is 10.0. The van der Waals surface area contributed by atoms with Crippen molar-refractivity contribution in [2.75, 3.05) is 40.9 Å². The number of carbonyl (C=O) groups excluding carboxylic acids is 1. The van der Waals surface area contributed by atoms with E-state index in [9.17, 15) is 19.4 Å². The minimum absolute atomic E-state index is 0.0703. The van der Waals surface area contributed by atoms with Crippen LogP contribution in [0.1, 0.15) is 284 Å². The summed E-state index contributed by atoms with van der Waals surface area (Å²) in [5, 5.41) is 14.1. The van der Waals surface area contributed by atoms with Gasteiger partial charge in [-0.25, -0.2) is 4.57 Å². The molecule has 0 aliphatic carbocycles. The van der Waals surface area contributed by atoms with Crippen molar-refractivity contribution < 1.29 is 32.9 Å². The van der Waals surface area contributed by atoms with E-state index in [1.54, 1.807) is 0 Å². The minimum Gasteiger partial charge on any atom is -0.391 e. The van der Waals surface area contributed by atoms with Gasteiger partial charge in [0.1, 0.15) is 13.2 Å². The smallest absolute Gasteiger partial charge is 0.391 e. The Balaban J connectivity index is 4.12. The highest BCUT2D eigenvalue weighted by atomic mass is 31.2. The van der Waals surface area contributed by atoms with Gasteiger partial charge in [-0.2, -0.15) is 0 Å². The van der Waals surface area contributed by atoms with Crippen molar-refractivity contribution in [1.29, 1.82) is 0 Å². The number of allylic oxidation sites excluding steroid dienone is 16. The monoisotopic (exact) mass is 1110 g/mol. The third-order valence-electron chi connectivity index (χ3n) is 14.3. The summed E-state index contributed by atoms with van der Waals surface area (Å²) in [6.07, 6.45) is 84.8. The van der Waals surface area contributed by atoms with Crippen LogP contribution in [-0.2, 0) is 18.4 Å². The van der Waals surface area contributed by atoms with Crippen LogP contribution >= 0.6 is 7.82 Å². The van der Waals surface area contributed by atoms with E-state index >= 15 is 0 Å². The van der Waals surface area contributed by atoms with Gasteiger partial charge >= 0.3 is 7.82 Å². The summed E-state index contributed by atoms with van der Waals surface area (Å²) in [7, 11) is 1.61. The van der Waals surface area contributed by atoms with Crippen LogP contribution in [0.3, 0.4) is 0 Å². The normalized spacial score (nSPS) is 14.4. The molecule has 0 bridgehead atoms. The van der Waals surface area contributed by atoms with Gasteiger partial charge in [-0.05, 0) is 77.0 Å². The zero-order chi connectivity index (χ0) is 57.0. The lowest BCUT2D eigenvalue weighted by Crippen LogP contribution is -2.46. The first-order valence-corrected chi connectivity index (χ1v) is 34.1. The van der Waals surface area contributed by atoms with Gasteiger partial charge in [-0.1, -0.05) is 297 Å². The number of rotatable bonds is 59. The predicted molar refractivity (Wildman–Crippen MR) is 341 cm³/mol. The van der Waals surface area contributed by atoms with Crippen LogP contribution in [0.15, 0.2) is 97.2 Å². The van der Waals surface area contributed by atoms with Crippen molar-refractivity contribution in [3.63, 3.8) is 0 Å². The zero-order valence-electron chi connectivity index (χ0n) is 51.6. The van der Waals surface area contributed by atoms with E-state index in [4.69, 9.17) is 9.05 Å². The molecule has 0 aromatic rings. The van der Waals surface area contributed by atoms with Crippen LogP contribution in [0.5, 0.6) is 0 Å². The third-order valence-corrected chi connectivity index (χ3v) is 15.3. The second-order valence-electron chi connectivity index (χ2n) is 23.1. The average molecular weight is 1110 g/mol. The molecular formula is C69H126N2O6P+. The molecule has 0 spiro atoms. The van der Waals surface area contributed by atoms with E-state index in [1.165, 1.54) is 161 Å².